The zero-order valence-corrected chi connectivity index (χ0v) is 12.3. The number of rotatable bonds is 4. The molecule has 19 heavy (non-hydrogen) atoms. The van der Waals surface area contributed by atoms with Crippen molar-refractivity contribution in [1.82, 2.24) is 15.6 Å². The van der Waals surface area contributed by atoms with Crippen molar-refractivity contribution in [3.63, 3.8) is 0 Å². The van der Waals surface area contributed by atoms with E-state index in [-0.39, 0.29) is 0 Å². The molecule has 0 aromatic carbocycles. The summed E-state index contributed by atoms with van der Waals surface area (Å²) in [6, 6.07) is -1.43. The lowest BCUT2D eigenvalue weighted by Crippen LogP contribution is -2.52. The van der Waals surface area contributed by atoms with Gasteiger partial charge in [0.2, 0.25) is 0 Å². The number of nitrogens with zero attached hydrogens (tertiary/aromatic N) is 1. The number of amides is 2. The molecule has 1 aromatic heterocycles. The molecule has 0 unspecified atom stereocenters. The van der Waals surface area contributed by atoms with Crippen LogP contribution in [0, 0.1) is 12.3 Å². The Morgan fingerprint density at radius 2 is 2.11 bits per heavy atom. The molecule has 1 rings (SSSR count). The van der Waals surface area contributed by atoms with Gasteiger partial charge in [0.25, 0.3) is 0 Å². The number of thiazole rings is 1. The summed E-state index contributed by atoms with van der Waals surface area (Å²) >= 11 is 1.45. The van der Waals surface area contributed by atoms with Crippen LogP contribution in [0.5, 0.6) is 0 Å². The first-order valence-electron chi connectivity index (χ1n) is 5.88. The van der Waals surface area contributed by atoms with Crippen LogP contribution in [0.1, 0.15) is 31.3 Å². The van der Waals surface area contributed by atoms with Gasteiger partial charge in [0, 0.05) is 4.88 Å². The maximum absolute atomic E-state index is 11.7. The van der Waals surface area contributed by atoms with E-state index in [2.05, 4.69) is 15.6 Å². The summed E-state index contributed by atoms with van der Waals surface area (Å²) in [4.78, 5) is 27.9. The van der Waals surface area contributed by atoms with Crippen LogP contribution in [0.25, 0.3) is 0 Å². The molecule has 1 aromatic rings. The van der Waals surface area contributed by atoms with E-state index < -0.39 is 23.5 Å². The summed E-state index contributed by atoms with van der Waals surface area (Å²) in [5.41, 5.74) is 2.03. The van der Waals surface area contributed by atoms with Gasteiger partial charge in [-0.1, -0.05) is 20.8 Å². The fourth-order valence-electron chi connectivity index (χ4n) is 1.49. The molecule has 1 atom stereocenters. The van der Waals surface area contributed by atoms with Gasteiger partial charge in [-0.15, -0.1) is 11.3 Å². The number of carboxylic acid groups (broad SMARTS) is 1. The van der Waals surface area contributed by atoms with Gasteiger partial charge in [-0.2, -0.15) is 0 Å². The molecule has 0 aliphatic carbocycles. The molecular formula is C12H19N3O3S. The van der Waals surface area contributed by atoms with Crippen molar-refractivity contribution < 1.29 is 14.7 Å². The van der Waals surface area contributed by atoms with Gasteiger partial charge in [0.15, 0.2) is 0 Å². The summed E-state index contributed by atoms with van der Waals surface area (Å²) in [5, 5.41) is 14.2. The van der Waals surface area contributed by atoms with Gasteiger partial charge in [-0.25, -0.2) is 14.6 Å². The van der Waals surface area contributed by atoms with Crippen LogP contribution in [0.15, 0.2) is 5.51 Å². The predicted molar refractivity (Wildman–Crippen MR) is 73.1 cm³/mol. The maximum atomic E-state index is 11.7. The minimum absolute atomic E-state index is 0.346. The zero-order chi connectivity index (χ0) is 14.6. The molecule has 2 amide bonds. The summed E-state index contributed by atoms with van der Waals surface area (Å²) in [6.45, 7) is 7.50. The van der Waals surface area contributed by atoms with Crippen LogP contribution in [0.4, 0.5) is 4.79 Å². The number of hydrogen-bond donors (Lipinski definition) is 3. The van der Waals surface area contributed by atoms with Gasteiger partial charge < -0.3 is 15.7 Å². The van der Waals surface area contributed by atoms with E-state index in [1.165, 1.54) is 11.3 Å². The minimum atomic E-state index is -1.04. The highest BCUT2D eigenvalue weighted by Gasteiger charge is 2.32. The van der Waals surface area contributed by atoms with Crippen LogP contribution in [0.3, 0.4) is 0 Å². The summed E-state index contributed by atoms with van der Waals surface area (Å²) in [5.74, 6) is -1.04. The van der Waals surface area contributed by atoms with Crippen molar-refractivity contribution in [2.24, 2.45) is 5.41 Å². The van der Waals surface area contributed by atoms with Crippen LogP contribution in [-0.4, -0.2) is 28.1 Å². The quantitative estimate of drug-likeness (QED) is 0.786. The Bertz CT molecular complexity index is 465. The van der Waals surface area contributed by atoms with Gasteiger partial charge >= 0.3 is 12.0 Å². The van der Waals surface area contributed by atoms with Crippen LogP contribution < -0.4 is 10.6 Å². The molecule has 0 saturated heterocycles. The first-order chi connectivity index (χ1) is 8.71. The van der Waals surface area contributed by atoms with E-state index in [4.69, 9.17) is 5.11 Å². The smallest absolute Gasteiger partial charge is 0.326 e. The Morgan fingerprint density at radius 3 is 2.53 bits per heavy atom. The Kier molecular flexibility index (Phi) is 4.88. The Labute approximate surface area is 116 Å². The molecule has 3 N–H and O–H groups in total. The predicted octanol–water partition coefficient (Wildman–Crippen LogP) is 1.75. The van der Waals surface area contributed by atoms with Crippen LogP contribution >= 0.6 is 11.3 Å². The van der Waals surface area contributed by atoms with Crippen molar-refractivity contribution in [3.8, 4) is 0 Å². The number of aliphatic carboxylic acids is 1. The standard InChI is InChI=1S/C12H19N3O3S/c1-7-8(19-6-14-7)5-13-11(18)15-9(10(16)17)12(2,3)4/h6,9H,5H2,1-4H3,(H,16,17)(H2,13,15,18)/t9-/m1/s1. The molecule has 0 saturated carbocycles. The van der Waals surface area contributed by atoms with E-state index in [0.717, 1.165) is 10.6 Å². The number of carboxylic acids is 1. The lowest BCUT2D eigenvalue weighted by molar-refractivity contribution is -0.141. The van der Waals surface area contributed by atoms with E-state index in [1.54, 1.807) is 26.3 Å². The third-order valence-corrected chi connectivity index (χ3v) is 3.58. The molecule has 1 heterocycles. The summed E-state index contributed by atoms with van der Waals surface area (Å²) in [6.07, 6.45) is 0. The molecule has 0 spiro atoms. The average Bonchev–Trinajstić information content (AvgIpc) is 2.67. The van der Waals surface area contributed by atoms with Gasteiger partial charge in [-0.3, -0.25) is 0 Å². The monoisotopic (exact) mass is 285 g/mol. The first-order valence-corrected chi connectivity index (χ1v) is 6.76. The third-order valence-electron chi connectivity index (χ3n) is 2.64. The normalized spacial score (nSPS) is 12.8. The van der Waals surface area contributed by atoms with E-state index in [9.17, 15) is 9.59 Å². The zero-order valence-electron chi connectivity index (χ0n) is 11.5. The number of carbonyl (C=O) groups excluding carboxylic acids is 1. The molecule has 0 radical (unpaired) electrons. The fraction of sp³-hybridized carbons (Fsp3) is 0.583. The summed E-state index contributed by atoms with van der Waals surface area (Å²) in [7, 11) is 0. The van der Waals surface area contributed by atoms with E-state index in [1.807, 2.05) is 6.92 Å². The van der Waals surface area contributed by atoms with Gasteiger partial charge in [0.1, 0.15) is 6.04 Å². The average molecular weight is 285 g/mol. The van der Waals surface area contributed by atoms with Crippen molar-refractivity contribution >= 4 is 23.3 Å². The van der Waals surface area contributed by atoms with Crippen LogP contribution in [-0.2, 0) is 11.3 Å². The molecule has 0 aliphatic heterocycles. The second-order valence-electron chi connectivity index (χ2n) is 5.33. The minimum Gasteiger partial charge on any atom is -0.480 e. The van der Waals surface area contributed by atoms with Crippen molar-refractivity contribution in [2.75, 3.05) is 0 Å². The van der Waals surface area contributed by atoms with Crippen molar-refractivity contribution in [2.45, 2.75) is 40.3 Å². The topological polar surface area (TPSA) is 91.3 Å². The number of aromatic nitrogens is 1. The molecule has 0 bridgehead atoms. The number of nitrogens with one attached hydrogen (secondary N) is 2. The molecule has 6 nitrogen and oxygen atoms in total. The Balaban J connectivity index is 2.55. The second-order valence-corrected chi connectivity index (χ2v) is 6.26. The maximum Gasteiger partial charge on any atom is 0.326 e. The lowest BCUT2D eigenvalue weighted by atomic mass is 9.87. The highest BCUT2D eigenvalue weighted by Crippen LogP contribution is 2.19. The SMILES string of the molecule is Cc1ncsc1CNC(=O)N[C@H](C(=O)O)C(C)(C)C. The number of hydrogen-bond acceptors (Lipinski definition) is 4. The molecular weight excluding hydrogens is 266 g/mol. The van der Waals surface area contributed by atoms with E-state index >= 15 is 0 Å². The lowest BCUT2D eigenvalue weighted by Gasteiger charge is -2.27. The number of aryl methyl sites for hydroxylation is 1. The van der Waals surface area contributed by atoms with Crippen molar-refractivity contribution in [1.29, 1.82) is 0 Å². The number of urea groups is 1. The largest absolute Gasteiger partial charge is 0.480 e. The molecule has 106 valence electrons. The van der Waals surface area contributed by atoms with Gasteiger partial charge in [-0.05, 0) is 12.3 Å². The second kappa shape index (κ2) is 6.01. The fourth-order valence-corrected chi connectivity index (χ4v) is 2.20. The summed E-state index contributed by atoms with van der Waals surface area (Å²) < 4.78 is 0. The Hall–Kier alpha value is -1.63. The Morgan fingerprint density at radius 1 is 1.47 bits per heavy atom. The van der Waals surface area contributed by atoms with Crippen LogP contribution in [0.2, 0.25) is 0 Å². The molecule has 7 heteroatoms. The highest BCUT2D eigenvalue weighted by atomic mass is 32.1. The van der Waals surface area contributed by atoms with Crippen molar-refractivity contribution in [3.05, 3.63) is 16.1 Å². The number of carbonyl (C=O) groups is 2. The third kappa shape index (κ3) is 4.51. The molecule has 0 aliphatic rings. The highest BCUT2D eigenvalue weighted by molar-refractivity contribution is 7.09. The van der Waals surface area contributed by atoms with Gasteiger partial charge in [0.05, 0.1) is 17.7 Å². The van der Waals surface area contributed by atoms with E-state index in [0.29, 0.717) is 6.54 Å². The molecule has 0 fully saturated rings. The first kappa shape index (κ1) is 15.4.